The van der Waals surface area contributed by atoms with Crippen molar-refractivity contribution < 1.29 is 39.1 Å². The van der Waals surface area contributed by atoms with Gasteiger partial charge in [-0.1, -0.05) is 6.92 Å². The minimum Gasteiger partial charge on any atom is -0.508 e. The van der Waals surface area contributed by atoms with Crippen LogP contribution in [0.15, 0.2) is 59.4 Å². The van der Waals surface area contributed by atoms with Crippen LogP contribution in [0.2, 0.25) is 0 Å². The summed E-state index contributed by atoms with van der Waals surface area (Å²) in [5, 5.41) is 40.6. The van der Waals surface area contributed by atoms with E-state index in [0.29, 0.717) is 12.0 Å². The molecule has 0 amide bonds. The summed E-state index contributed by atoms with van der Waals surface area (Å²) in [6, 6.07) is 7.28. The Bertz CT molecular complexity index is 1120. The van der Waals surface area contributed by atoms with E-state index in [1.807, 2.05) is 0 Å². The molecule has 2 aromatic carbocycles. The first-order valence-electron chi connectivity index (χ1n) is 9.47. The van der Waals surface area contributed by atoms with Gasteiger partial charge in [-0.3, -0.25) is 4.79 Å². The normalized spacial score (nSPS) is 18.5. The summed E-state index contributed by atoms with van der Waals surface area (Å²) in [4.78, 5) is 24.5. The van der Waals surface area contributed by atoms with Crippen molar-refractivity contribution >= 4 is 11.9 Å². The van der Waals surface area contributed by atoms with Crippen LogP contribution in [0.25, 0.3) is 0 Å². The third kappa shape index (κ3) is 3.84. The zero-order chi connectivity index (χ0) is 22.9. The number of halogens is 1. The van der Waals surface area contributed by atoms with Crippen molar-refractivity contribution in [3.63, 3.8) is 0 Å². The van der Waals surface area contributed by atoms with E-state index < -0.39 is 35.3 Å². The Morgan fingerprint density at radius 2 is 1.74 bits per heavy atom. The van der Waals surface area contributed by atoms with Crippen LogP contribution in [0.1, 0.15) is 31.4 Å². The largest absolute Gasteiger partial charge is 0.508 e. The Morgan fingerprint density at radius 1 is 1.10 bits per heavy atom. The molecule has 0 spiro atoms. The summed E-state index contributed by atoms with van der Waals surface area (Å²) in [6.07, 6.45) is 1.14. The number of aryl methyl sites for hydroxylation is 1. The molecule has 0 aliphatic heterocycles. The van der Waals surface area contributed by atoms with Gasteiger partial charge in [0.1, 0.15) is 28.8 Å². The fraction of sp³-hybridized carbons (Fsp3) is 0.217. The van der Waals surface area contributed by atoms with Crippen molar-refractivity contribution in [1.82, 2.24) is 0 Å². The molecule has 8 heteroatoms. The Hall–Kier alpha value is -3.81. The Kier molecular flexibility index (Phi) is 5.75. The van der Waals surface area contributed by atoms with Crippen LogP contribution in [-0.2, 0) is 21.4 Å². The zero-order valence-electron chi connectivity index (χ0n) is 16.8. The summed E-state index contributed by atoms with van der Waals surface area (Å²) >= 11 is 0. The summed E-state index contributed by atoms with van der Waals surface area (Å²) in [5.74, 6) is -3.96. The first-order valence-corrected chi connectivity index (χ1v) is 9.47. The lowest BCUT2D eigenvalue weighted by Crippen LogP contribution is -2.43. The number of carbonyl (C=O) groups is 2. The summed E-state index contributed by atoms with van der Waals surface area (Å²) in [5.41, 5.74) is -1.79. The molecule has 31 heavy (non-hydrogen) atoms. The standard InChI is InChI=1S/C23H21FO7/c1-3-13-9-17(19(26)10-18(13)25)23(22(29)30)11-14(21(27)28)8-12(2)20(23)31-16-6-4-15(24)5-7-16/h4-10,25-26H,3,11H2,1-2H3,(H,27,28)(H,29,30). The first-order chi connectivity index (χ1) is 14.6. The van der Waals surface area contributed by atoms with Crippen LogP contribution in [0.3, 0.4) is 0 Å². The van der Waals surface area contributed by atoms with Gasteiger partial charge >= 0.3 is 11.9 Å². The molecule has 0 aromatic heterocycles. The summed E-state index contributed by atoms with van der Waals surface area (Å²) in [6.45, 7) is 3.24. The molecule has 0 heterocycles. The molecule has 0 saturated carbocycles. The average Bonchev–Trinajstić information content (AvgIpc) is 2.71. The number of aliphatic carboxylic acids is 2. The van der Waals surface area contributed by atoms with E-state index in [4.69, 9.17) is 4.74 Å². The number of hydrogen-bond acceptors (Lipinski definition) is 5. The number of hydrogen-bond donors (Lipinski definition) is 4. The van der Waals surface area contributed by atoms with E-state index in [9.17, 15) is 34.4 Å². The van der Waals surface area contributed by atoms with Crippen LogP contribution in [0.4, 0.5) is 4.39 Å². The van der Waals surface area contributed by atoms with E-state index in [1.165, 1.54) is 31.2 Å². The molecular weight excluding hydrogens is 407 g/mol. The highest BCUT2D eigenvalue weighted by Crippen LogP contribution is 2.48. The molecule has 0 radical (unpaired) electrons. The number of carboxylic acid groups (broad SMARTS) is 2. The average molecular weight is 428 g/mol. The van der Waals surface area contributed by atoms with E-state index in [2.05, 4.69) is 0 Å². The Balaban J connectivity index is 2.31. The number of ether oxygens (including phenoxy) is 1. The lowest BCUT2D eigenvalue weighted by Gasteiger charge is -2.36. The van der Waals surface area contributed by atoms with Crippen molar-refractivity contribution in [2.75, 3.05) is 0 Å². The highest BCUT2D eigenvalue weighted by atomic mass is 19.1. The van der Waals surface area contributed by atoms with Crippen LogP contribution in [0, 0.1) is 5.82 Å². The predicted molar refractivity (Wildman–Crippen MR) is 109 cm³/mol. The molecule has 0 fully saturated rings. The predicted octanol–water partition coefficient (Wildman–Crippen LogP) is 3.89. The lowest BCUT2D eigenvalue weighted by molar-refractivity contribution is -0.143. The van der Waals surface area contributed by atoms with E-state index >= 15 is 0 Å². The van der Waals surface area contributed by atoms with Gasteiger partial charge in [0.2, 0.25) is 0 Å². The van der Waals surface area contributed by atoms with Gasteiger partial charge in [0.15, 0.2) is 5.41 Å². The van der Waals surface area contributed by atoms with Gasteiger partial charge in [-0.2, -0.15) is 0 Å². The van der Waals surface area contributed by atoms with Crippen molar-refractivity contribution in [3.8, 4) is 17.2 Å². The Morgan fingerprint density at radius 3 is 2.29 bits per heavy atom. The molecule has 3 rings (SSSR count). The number of rotatable bonds is 6. The molecule has 1 atom stereocenters. The third-order valence-corrected chi connectivity index (χ3v) is 5.30. The van der Waals surface area contributed by atoms with E-state index in [0.717, 1.165) is 18.2 Å². The fourth-order valence-electron chi connectivity index (χ4n) is 3.76. The van der Waals surface area contributed by atoms with Crippen LogP contribution < -0.4 is 4.74 Å². The molecular formula is C23H21FO7. The zero-order valence-corrected chi connectivity index (χ0v) is 16.8. The number of carboxylic acids is 2. The van der Waals surface area contributed by atoms with Gasteiger partial charge in [-0.05, 0) is 60.9 Å². The minimum atomic E-state index is -2.09. The molecule has 1 aliphatic carbocycles. The number of benzene rings is 2. The maximum absolute atomic E-state index is 13.3. The minimum absolute atomic E-state index is 0.111. The molecule has 162 valence electrons. The number of aromatic hydroxyl groups is 2. The Labute approximate surface area is 177 Å². The molecule has 1 aliphatic rings. The second-order valence-electron chi connectivity index (χ2n) is 7.28. The van der Waals surface area contributed by atoms with Crippen molar-refractivity contribution in [2.24, 2.45) is 0 Å². The lowest BCUT2D eigenvalue weighted by atomic mass is 9.69. The van der Waals surface area contributed by atoms with Gasteiger partial charge in [0.25, 0.3) is 0 Å². The first kappa shape index (κ1) is 21.9. The topological polar surface area (TPSA) is 124 Å². The summed E-state index contributed by atoms with van der Waals surface area (Å²) in [7, 11) is 0. The van der Waals surface area contributed by atoms with Crippen molar-refractivity contribution in [1.29, 1.82) is 0 Å². The number of allylic oxidation sites excluding steroid dienone is 2. The second-order valence-corrected chi connectivity index (χ2v) is 7.28. The van der Waals surface area contributed by atoms with Crippen LogP contribution in [0.5, 0.6) is 17.2 Å². The van der Waals surface area contributed by atoms with Crippen molar-refractivity contribution in [3.05, 3.63) is 76.3 Å². The maximum Gasteiger partial charge on any atom is 0.331 e. The molecule has 7 nitrogen and oxygen atoms in total. The van der Waals surface area contributed by atoms with Crippen LogP contribution in [-0.4, -0.2) is 32.4 Å². The second kappa shape index (κ2) is 8.14. The van der Waals surface area contributed by atoms with Crippen molar-refractivity contribution in [2.45, 2.75) is 32.1 Å². The third-order valence-electron chi connectivity index (χ3n) is 5.30. The van der Waals surface area contributed by atoms with E-state index in [-0.39, 0.29) is 34.0 Å². The molecule has 1 unspecified atom stereocenters. The molecule has 0 bridgehead atoms. The van der Waals surface area contributed by atoms with Gasteiger partial charge in [-0.25, -0.2) is 9.18 Å². The van der Waals surface area contributed by atoms with Gasteiger partial charge in [-0.15, -0.1) is 0 Å². The summed E-state index contributed by atoms with van der Waals surface area (Å²) < 4.78 is 19.2. The highest BCUT2D eigenvalue weighted by molar-refractivity contribution is 5.94. The smallest absolute Gasteiger partial charge is 0.331 e. The molecule has 4 N–H and O–H groups in total. The van der Waals surface area contributed by atoms with E-state index in [1.54, 1.807) is 6.92 Å². The molecule has 0 saturated heterocycles. The quantitative estimate of drug-likeness (QED) is 0.550. The maximum atomic E-state index is 13.3. The van der Waals surface area contributed by atoms with Gasteiger partial charge in [0, 0.05) is 23.6 Å². The van der Waals surface area contributed by atoms with Gasteiger partial charge < -0.3 is 25.2 Å². The highest BCUT2D eigenvalue weighted by Gasteiger charge is 2.52. The number of phenols is 2. The van der Waals surface area contributed by atoms with Gasteiger partial charge in [0.05, 0.1) is 0 Å². The van der Waals surface area contributed by atoms with Crippen LogP contribution >= 0.6 is 0 Å². The monoisotopic (exact) mass is 428 g/mol. The number of phenolic OH excluding ortho intramolecular Hbond substituents is 2. The molecule has 2 aromatic rings. The fourth-order valence-corrected chi connectivity index (χ4v) is 3.76. The SMILES string of the molecule is CCc1cc(C2(C(=O)O)CC(C(=O)O)=CC(C)=C2Oc2ccc(F)cc2)c(O)cc1O.